The Morgan fingerprint density at radius 1 is 1.12 bits per heavy atom. The summed E-state index contributed by atoms with van der Waals surface area (Å²) >= 11 is 0. The first-order chi connectivity index (χ1) is 12.6. The number of benzene rings is 1. The first-order valence-corrected chi connectivity index (χ1v) is 8.93. The van der Waals surface area contributed by atoms with Gasteiger partial charge in [0.1, 0.15) is 5.82 Å². The van der Waals surface area contributed by atoms with E-state index in [4.69, 9.17) is 0 Å². The van der Waals surface area contributed by atoms with Crippen molar-refractivity contribution in [3.05, 3.63) is 66.0 Å². The monoisotopic (exact) mass is 346 g/mol. The van der Waals surface area contributed by atoms with E-state index in [-0.39, 0.29) is 11.9 Å². The summed E-state index contributed by atoms with van der Waals surface area (Å²) < 4.78 is 0. The standard InChI is InChI=1S/C21H22N4O/c1-24(2)20-14-15(10-12-23-20)19-9-5-13-25(19)21(26)17-6-3-8-18-16(17)7-4-11-22-18/h3-4,6-8,10-12,14,19H,5,9,13H2,1-2H3/t19-/m0/s1. The Morgan fingerprint density at radius 2 is 2.00 bits per heavy atom. The van der Waals surface area contributed by atoms with Crippen LogP contribution in [0.5, 0.6) is 0 Å². The molecule has 0 spiro atoms. The second-order valence-corrected chi connectivity index (χ2v) is 6.87. The van der Waals surface area contributed by atoms with Gasteiger partial charge in [-0.25, -0.2) is 4.98 Å². The van der Waals surface area contributed by atoms with Crippen molar-refractivity contribution < 1.29 is 4.79 Å². The Hall–Kier alpha value is -2.95. The van der Waals surface area contributed by atoms with Gasteiger partial charge in [-0.3, -0.25) is 9.78 Å². The van der Waals surface area contributed by atoms with E-state index in [1.807, 2.05) is 66.5 Å². The largest absolute Gasteiger partial charge is 0.363 e. The molecule has 1 aliphatic rings. The fourth-order valence-corrected chi connectivity index (χ4v) is 3.69. The molecule has 1 aliphatic heterocycles. The van der Waals surface area contributed by atoms with Gasteiger partial charge in [0.15, 0.2) is 0 Å². The highest BCUT2D eigenvalue weighted by molar-refractivity contribution is 6.06. The molecule has 0 N–H and O–H groups in total. The summed E-state index contributed by atoms with van der Waals surface area (Å²) in [6, 6.07) is 13.8. The van der Waals surface area contributed by atoms with Crippen molar-refractivity contribution in [3.8, 4) is 0 Å². The van der Waals surface area contributed by atoms with Crippen LogP contribution in [0.4, 0.5) is 5.82 Å². The van der Waals surface area contributed by atoms with Crippen LogP contribution in [-0.4, -0.2) is 41.4 Å². The molecule has 3 aromatic rings. The third-order valence-corrected chi connectivity index (χ3v) is 5.00. The second-order valence-electron chi connectivity index (χ2n) is 6.87. The van der Waals surface area contributed by atoms with Crippen LogP contribution in [0, 0.1) is 0 Å². The Morgan fingerprint density at radius 3 is 2.85 bits per heavy atom. The summed E-state index contributed by atoms with van der Waals surface area (Å²) in [5.74, 6) is 0.991. The number of carbonyl (C=O) groups is 1. The molecule has 0 radical (unpaired) electrons. The molecule has 1 atom stereocenters. The maximum Gasteiger partial charge on any atom is 0.255 e. The quantitative estimate of drug-likeness (QED) is 0.726. The van der Waals surface area contributed by atoms with Crippen LogP contribution in [0.2, 0.25) is 0 Å². The lowest BCUT2D eigenvalue weighted by Gasteiger charge is -2.26. The lowest BCUT2D eigenvalue weighted by molar-refractivity contribution is 0.0737. The summed E-state index contributed by atoms with van der Waals surface area (Å²) in [7, 11) is 3.96. The SMILES string of the molecule is CN(C)c1cc([C@@H]2CCCN2C(=O)c2cccc3ncccc23)ccn1. The molecule has 2 aromatic heterocycles. The fourth-order valence-electron chi connectivity index (χ4n) is 3.69. The zero-order valence-electron chi connectivity index (χ0n) is 15.1. The molecule has 4 rings (SSSR count). The van der Waals surface area contributed by atoms with Crippen LogP contribution in [0.25, 0.3) is 10.9 Å². The molecule has 0 saturated carbocycles. The molecule has 0 aliphatic carbocycles. The topological polar surface area (TPSA) is 49.3 Å². The zero-order chi connectivity index (χ0) is 18.1. The number of pyridine rings is 2. The number of hydrogen-bond acceptors (Lipinski definition) is 4. The summed E-state index contributed by atoms with van der Waals surface area (Å²) in [5, 5.41) is 0.911. The number of amides is 1. The normalized spacial score (nSPS) is 16.8. The van der Waals surface area contributed by atoms with Gasteiger partial charge in [0.25, 0.3) is 5.91 Å². The van der Waals surface area contributed by atoms with Crippen molar-refractivity contribution in [2.75, 3.05) is 25.5 Å². The maximum absolute atomic E-state index is 13.3. The predicted molar refractivity (Wildman–Crippen MR) is 103 cm³/mol. The van der Waals surface area contributed by atoms with Crippen LogP contribution in [0.1, 0.15) is 34.8 Å². The molecule has 1 amide bonds. The highest BCUT2D eigenvalue weighted by Crippen LogP contribution is 2.34. The van der Waals surface area contributed by atoms with Crippen molar-refractivity contribution in [3.63, 3.8) is 0 Å². The van der Waals surface area contributed by atoms with Gasteiger partial charge < -0.3 is 9.80 Å². The molecule has 3 heterocycles. The molecule has 132 valence electrons. The first kappa shape index (κ1) is 16.5. The molecular formula is C21H22N4O. The van der Waals surface area contributed by atoms with E-state index < -0.39 is 0 Å². The van der Waals surface area contributed by atoms with Crippen LogP contribution in [0.15, 0.2) is 54.9 Å². The van der Waals surface area contributed by atoms with E-state index in [1.165, 1.54) is 0 Å². The number of fused-ring (bicyclic) bond motifs is 1. The molecule has 5 heteroatoms. The Balaban J connectivity index is 1.70. The Labute approximate surface area is 153 Å². The molecule has 1 aromatic carbocycles. The minimum absolute atomic E-state index is 0.0781. The lowest BCUT2D eigenvalue weighted by atomic mass is 10.0. The third-order valence-electron chi connectivity index (χ3n) is 5.00. The summed E-state index contributed by atoms with van der Waals surface area (Å²) in [5.41, 5.74) is 2.73. The highest BCUT2D eigenvalue weighted by atomic mass is 16.2. The highest BCUT2D eigenvalue weighted by Gasteiger charge is 2.31. The van der Waals surface area contributed by atoms with Crippen molar-refractivity contribution in [1.29, 1.82) is 0 Å². The van der Waals surface area contributed by atoms with Crippen LogP contribution in [-0.2, 0) is 0 Å². The molecule has 1 fully saturated rings. The van der Waals surface area contributed by atoms with E-state index in [0.717, 1.165) is 47.2 Å². The van der Waals surface area contributed by atoms with Crippen LogP contribution in [0.3, 0.4) is 0 Å². The van der Waals surface area contributed by atoms with Gasteiger partial charge in [-0.15, -0.1) is 0 Å². The van der Waals surface area contributed by atoms with Crippen LogP contribution < -0.4 is 4.90 Å². The average molecular weight is 346 g/mol. The number of aromatic nitrogens is 2. The summed E-state index contributed by atoms with van der Waals surface area (Å²) in [6.07, 6.45) is 5.58. The number of likely N-dealkylation sites (tertiary alicyclic amines) is 1. The molecule has 0 bridgehead atoms. The van der Waals surface area contributed by atoms with E-state index in [9.17, 15) is 4.79 Å². The summed E-state index contributed by atoms with van der Waals surface area (Å²) in [6.45, 7) is 0.778. The smallest absolute Gasteiger partial charge is 0.255 e. The minimum atomic E-state index is 0.0781. The number of hydrogen-bond donors (Lipinski definition) is 0. The Bertz CT molecular complexity index is 948. The predicted octanol–water partition coefficient (Wildman–Crippen LogP) is 3.67. The fraction of sp³-hybridized carbons (Fsp3) is 0.286. The molecule has 26 heavy (non-hydrogen) atoms. The van der Waals surface area contributed by atoms with Crippen molar-refractivity contribution in [1.82, 2.24) is 14.9 Å². The molecule has 1 saturated heterocycles. The van der Waals surface area contributed by atoms with Gasteiger partial charge >= 0.3 is 0 Å². The van der Waals surface area contributed by atoms with E-state index >= 15 is 0 Å². The summed E-state index contributed by atoms with van der Waals surface area (Å²) in [4.78, 5) is 26.1. The van der Waals surface area contributed by atoms with Gasteiger partial charge in [0.2, 0.25) is 0 Å². The van der Waals surface area contributed by atoms with Crippen molar-refractivity contribution in [2.24, 2.45) is 0 Å². The Kier molecular flexibility index (Phi) is 4.29. The first-order valence-electron chi connectivity index (χ1n) is 8.93. The third kappa shape index (κ3) is 2.90. The lowest BCUT2D eigenvalue weighted by Crippen LogP contribution is -2.30. The molecular weight excluding hydrogens is 324 g/mol. The van der Waals surface area contributed by atoms with Gasteiger partial charge in [0.05, 0.1) is 11.6 Å². The number of nitrogens with zero attached hydrogens (tertiary/aromatic N) is 4. The van der Waals surface area contributed by atoms with Gasteiger partial charge in [0, 0.05) is 44.0 Å². The van der Waals surface area contributed by atoms with E-state index in [0.29, 0.717) is 0 Å². The maximum atomic E-state index is 13.3. The van der Waals surface area contributed by atoms with Crippen molar-refractivity contribution >= 4 is 22.6 Å². The average Bonchev–Trinajstić information content (AvgIpc) is 3.17. The number of carbonyl (C=O) groups excluding carboxylic acids is 1. The van der Waals surface area contributed by atoms with Crippen molar-refractivity contribution in [2.45, 2.75) is 18.9 Å². The van der Waals surface area contributed by atoms with E-state index in [1.54, 1.807) is 6.20 Å². The minimum Gasteiger partial charge on any atom is -0.363 e. The van der Waals surface area contributed by atoms with Gasteiger partial charge in [-0.05, 0) is 48.7 Å². The second kappa shape index (κ2) is 6.75. The molecule has 5 nitrogen and oxygen atoms in total. The van der Waals surface area contributed by atoms with Crippen LogP contribution >= 0.6 is 0 Å². The van der Waals surface area contributed by atoms with E-state index in [2.05, 4.69) is 16.0 Å². The zero-order valence-corrected chi connectivity index (χ0v) is 15.1. The number of rotatable bonds is 3. The van der Waals surface area contributed by atoms with Gasteiger partial charge in [-0.2, -0.15) is 0 Å². The number of anilines is 1. The van der Waals surface area contributed by atoms with Gasteiger partial charge in [-0.1, -0.05) is 12.1 Å². The molecule has 0 unspecified atom stereocenters.